The third-order valence-corrected chi connectivity index (χ3v) is 11.1. The van der Waals surface area contributed by atoms with Crippen molar-refractivity contribution in [3.05, 3.63) is 109 Å². The Hall–Kier alpha value is -3.48. The van der Waals surface area contributed by atoms with E-state index in [0.717, 1.165) is 20.8 Å². The van der Waals surface area contributed by atoms with E-state index in [4.69, 9.17) is 9.16 Å². The van der Waals surface area contributed by atoms with Crippen LogP contribution in [0.15, 0.2) is 104 Å². The van der Waals surface area contributed by atoms with Gasteiger partial charge >= 0.3 is 6.09 Å². The summed E-state index contributed by atoms with van der Waals surface area (Å²) in [7, 11) is -2.84. The zero-order valence-electron chi connectivity index (χ0n) is 20.6. The summed E-state index contributed by atoms with van der Waals surface area (Å²) in [4.78, 5) is 25.8. The van der Waals surface area contributed by atoms with Gasteiger partial charge in [-0.3, -0.25) is 4.79 Å². The van der Waals surface area contributed by atoms with Gasteiger partial charge in [-0.05, 0) is 21.0 Å². The van der Waals surface area contributed by atoms with E-state index in [1.165, 1.54) is 0 Å². The largest absolute Gasteiger partial charge is 0.444 e. The number of hydrogen-bond acceptors (Lipinski definition) is 4. The molecule has 3 aromatic carbocycles. The second-order valence-electron chi connectivity index (χ2n) is 9.33. The molecule has 0 radical (unpaired) electrons. The molecule has 182 valence electrons. The van der Waals surface area contributed by atoms with Gasteiger partial charge in [-0.1, -0.05) is 118 Å². The molecule has 0 bridgehead atoms. The molecule has 3 rings (SSSR count). The number of benzene rings is 3. The first-order chi connectivity index (χ1) is 16.8. The van der Waals surface area contributed by atoms with Crippen LogP contribution in [-0.4, -0.2) is 38.4 Å². The molecule has 0 aliphatic carbocycles. The van der Waals surface area contributed by atoms with Gasteiger partial charge in [0, 0.05) is 0 Å². The van der Waals surface area contributed by atoms with Crippen LogP contribution in [0, 0.1) is 0 Å². The fraction of sp³-hybridized carbons (Fsp3) is 0.241. The summed E-state index contributed by atoms with van der Waals surface area (Å²) < 4.78 is 12.3. The molecule has 5 nitrogen and oxygen atoms in total. The van der Waals surface area contributed by atoms with Gasteiger partial charge < -0.3 is 9.16 Å². The van der Waals surface area contributed by atoms with Crippen molar-refractivity contribution in [3.63, 3.8) is 0 Å². The number of nitrogens with zero attached hydrogens (tertiary/aromatic N) is 1. The first kappa shape index (κ1) is 26.1. The maximum Gasteiger partial charge on any atom is 0.417 e. The third kappa shape index (κ3) is 5.96. The normalized spacial score (nSPS) is 12.4. The van der Waals surface area contributed by atoms with Gasteiger partial charge in [0.05, 0.1) is 12.6 Å². The molecule has 3 aromatic rings. The maximum absolute atomic E-state index is 12.8. The lowest BCUT2D eigenvalue weighted by Gasteiger charge is -2.44. The quantitative estimate of drug-likeness (QED) is 0.232. The Balaban J connectivity index is 1.89. The summed E-state index contributed by atoms with van der Waals surface area (Å²) in [6, 6.07) is 29.1. The molecule has 0 heterocycles. The van der Waals surface area contributed by atoms with E-state index in [-0.39, 0.29) is 18.3 Å². The Kier molecular flexibility index (Phi) is 8.79. The Bertz CT molecular complexity index is 1060. The van der Waals surface area contributed by atoms with Crippen molar-refractivity contribution in [3.8, 4) is 0 Å². The summed E-state index contributed by atoms with van der Waals surface area (Å²) >= 11 is 0. The van der Waals surface area contributed by atoms with E-state index < -0.39 is 20.5 Å². The molecule has 6 heteroatoms. The van der Waals surface area contributed by atoms with E-state index in [0.29, 0.717) is 6.41 Å². The molecule has 2 amide bonds. The van der Waals surface area contributed by atoms with E-state index in [2.05, 4.69) is 51.6 Å². The SMILES string of the molecule is C=CC(CO[Si](c1ccccc1)(c1ccccc1)C(C)(C)C)N(C=O)C(=O)OCc1ccccc1. The summed E-state index contributed by atoms with van der Waals surface area (Å²) in [5.74, 6) is 0. The predicted octanol–water partition coefficient (Wildman–Crippen LogP) is 4.91. The Labute approximate surface area is 209 Å². The van der Waals surface area contributed by atoms with Crippen molar-refractivity contribution in [1.29, 1.82) is 0 Å². The summed E-state index contributed by atoms with van der Waals surface area (Å²) in [5.41, 5.74) is 0.838. The number of carbonyl (C=O) groups is 2. The first-order valence-corrected chi connectivity index (χ1v) is 13.6. The summed E-state index contributed by atoms with van der Waals surface area (Å²) in [6.07, 6.45) is 1.30. The molecular formula is C29H33NO4Si. The monoisotopic (exact) mass is 487 g/mol. The van der Waals surface area contributed by atoms with Gasteiger partial charge in [0.15, 0.2) is 0 Å². The highest BCUT2D eigenvalue weighted by molar-refractivity contribution is 6.99. The van der Waals surface area contributed by atoms with Crippen molar-refractivity contribution in [2.24, 2.45) is 0 Å². The number of carbonyl (C=O) groups excluding carboxylic acids is 2. The molecule has 0 fully saturated rings. The molecule has 0 saturated carbocycles. The van der Waals surface area contributed by atoms with Crippen LogP contribution in [0.2, 0.25) is 5.04 Å². The summed E-state index contributed by atoms with van der Waals surface area (Å²) in [5, 5.41) is 2.00. The average molecular weight is 488 g/mol. The van der Waals surface area contributed by atoms with Crippen LogP contribution in [0.1, 0.15) is 26.3 Å². The molecule has 0 N–H and O–H groups in total. The molecule has 0 saturated heterocycles. The van der Waals surface area contributed by atoms with Crippen molar-refractivity contribution >= 4 is 31.2 Å². The molecule has 1 atom stereocenters. The highest BCUT2D eigenvalue weighted by Gasteiger charge is 2.50. The Morgan fingerprint density at radius 2 is 1.40 bits per heavy atom. The summed E-state index contributed by atoms with van der Waals surface area (Å²) in [6.45, 7) is 10.6. The van der Waals surface area contributed by atoms with Crippen LogP contribution in [-0.2, 0) is 20.6 Å². The van der Waals surface area contributed by atoms with Gasteiger partial charge in [0.2, 0.25) is 6.41 Å². The van der Waals surface area contributed by atoms with Crippen LogP contribution in [0.25, 0.3) is 0 Å². The molecule has 0 spiro atoms. The lowest BCUT2D eigenvalue weighted by atomic mass is 10.2. The molecule has 0 aliphatic heterocycles. The van der Waals surface area contributed by atoms with Crippen molar-refractivity contribution < 1.29 is 18.8 Å². The number of rotatable bonds is 10. The zero-order valence-corrected chi connectivity index (χ0v) is 21.6. The highest BCUT2D eigenvalue weighted by Crippen LogP contribution is 2.37. The van der Waals surface area contributed by atoms with E-state index in [9.17, 15) is 9.59 Å². The second kappa shape index (κ2) is 11.8. The van der Waals surface area contributed by atoms with Crippen LogP contribution in [0.4, 0.5) is 4.79 Å². The highest BCUT2D eigenvalue weighted by atomic mass is 28.4. The lowest BCUT2D eigenvalue weighted by Crippen LogP contribution is -2.67. The van der Waals surface area contributed by atoms with E-state index >= 15 is 0 Å². The van der Waals surface area contributed by atoms with Crippen molar-refractivity contribution in [1.82, 2.24) is 4.90 Å². The molecule has 35 heavy (non-hydrogen) atoms. The van der Waals surface area contributed by atoms with Gasteiger partial charge in [0.25, 0.3) is 8.32 Å². The minimum atomic E-state index is -2.84. The minimum Gasteiger partial charge on any atom is -0.444 e. The second-order valence-corrected chi connectivity index (χ2v) is 13.6. The standard InChI is InChI=1S/C29H33NO4Si/c1-5-25(30(23-31)28(32)33-21-24-15-9-6-10-16-24)22-34-35(29(2,3)4,26-17-11-7-12-18-26)27-19-13-8-14-20-27/h5-20,23,25H,1,21-22H2,2-4H3. The number of amides is 2. The Morgan fingerprint density at radius 1 is 0.914 bits per heavy atom. The van der Waals surface area contributed by atoms with Crippen molar-refractivity contribution in [2.75, 3.05) is 6.61 Å². The molecule has 0 aromatic heterocycles. The van der Waals surface area contributed by atoms with Gasteiger partial charge in [-0.25, -0.2) is 9.69 Å². The van der Waals surface area contributed by atoms with Gasteiger partial charge in [0.1, 0.15) is 6.61 Å². The maximum atomic E-state index is 12.8. The lowest BCUT2D eigenvalue weighted by molar-refractivity contribution is -0.118. The first-order valence-electron chi connectivity index (χ1n) is 11.7. The Morgan fingerprint density at radius 3 is 1.83 bits per heavy atom. The molecule has 1 unspecified atom stereocenters. The average Bonchev–Trinajstić information content (AvgIpc) is 2.88. The predicted molar refractivity (Wildman–Crippen MR) is 142 cm³/mol. The smallest absolute Gasteiger partial charge is 0.417 e. The van der Waals surface area contributed by atoms with Gasteiger partial charge in [-0.2, -0.15) is 0 Å². The van der Waals surface area contributed by atoms with Crippen molar-refractivity contribution in [2.45, 2.75) is 38.5 Å². The van der Waals surface area contributed by atoms with Gasteiger partial charge in [-0.15, -0.1) is 6.58 Å². The van der Waals surface area contributed by atoms with E-state index in [1.807, 2.05) is 66.7 Å². The molecule has 0 aliphatic rings. The van der Waals surface area contributed by atoms with Crippen LogP contribution < -0.4 is 10.4 Å². The number of imide groups is 1. The van der Waals surface area contributed by atoms with Crippen LogP contribution in [0.5, 0.6) is 0 Å². The fourth-order valence-electron chi connectivity index (χ4n) is 4.28. The van der Waals surface area contributed by atoms with Crippen LogP contribution >= 0.6 is 0 Å². The number of hydrogen-bond donors (Lipinski definition) is 0. The minimum absolute atomic E-state index is 0.0729. The third-order valence-electron chi connectivity index (χ3n) is 6.05. The fourth-order valence-corrected chi connectivity index (χ4v) is 8.86. The number of ether oxygens (including phenoxy) is 1. The zero-order chi connectivity index (χ0) is 25.3. The molecular weight excluding hydrogens is 454 g/mol. The van der Waals surface area contributed by atoms with E-state index in [1.54, 1.807) is 6.08 Å². The van der Waals surface area contributed by atoms with Crippen LogP contribution in [0.3, 0.4) is 0 Å². The topological polar surface area (TPSA) is 55.8 Å².